The Morgan fingerprint density at radius 3 is 2.79 bits per heavy atom. The number of hydrogen-bond donors (Lipinski definition) is 0. The molecule has 0 N–H and O–H groups in total. The van der Waals surface area contributed by atoms with Crippen LogP contribution < -0.4 is 9.54 Å². The minimum absolute atomic E-state index is 0.200. The van der Waals surface area contributed by atoms with Gasteiger partial charge in [-0.3, -0.25) is 4.79 Å². The number of nitrogens with zero attached hydrogens (tertiary/aromatic N) is 2. The van der Waals surface area contributed by atoms with Gasteiger partial charge in [0.2, 0.25) is 0 Å². The van der Waals surface area contributed by atoms with Crippen molar-refractivity contribution in [2.75, 3.05) is 20.3 Å². The number of hydrogen-bond acceptors (Lipinski definition) is 4. The van der Waals surface area contributed by atoms with Gasteiger partial charge in [-0.15, -0.1) is 0 Å². The van der Waals surface area contributed by atoms with Gasteiger partial charge in [-0.2, -0.15) is 4.99 Å². The topological polar surface area (TPSA) is 52.8 Å². The molecule has 1 heterocycles. The maximum atomic E-state index is 13.0. The van der Waals surface area contributed by atoms with Gasteiger partial charge in [0.15, 0.2) is 4.80 Å². The largest absolute Gasteiger partial charge is 0.495 e. The first kappa shape index (κ1) is 19.9. The first-order valence-electron chi connectivity index (χ1n) is 10.2. The van der Waals surface area contributed by atoms with Gasteiger partial charge < -0.3 is 14.0 Å². The number of para-hydroxylation sites is 1. The van der Waals surface area contributed by atoms with Crippen LogP contribution in [-0.2, 0) is 24.1 Å². The average molecular weight is 411 g/mol. The van der Waals surface area contributed by atoms with Crippen LogP contribution in [0.1, 0.15) is 41.3 Å². The molecule has 29 heavy (non-hydrogen) atoms. The Labute approximate surface area is 174 Å². The second-order valence-corrected chi connectivity index (χ2v) is 8.16. The fourth-order valence-electron chi connectivity index (χ4n) is 3.87. The number of thiazole rings is 1. The molecule has 0 spiro atoms. The predicted octanol–water partition coefficient (Wildman–Crippen LogP) is 4.37. The van der Waals surface area contributed by atoms with Gasteiger partial charge in [-0.1, -0.05) is 23.5 Å². The number of fused-ring (bicyclic) bond motifs is 2. The quantitative estimate of drug-likeness (QED) is 0.567. The summed E-state index contributed by atoms with van der Waals surface area (Å²) >= 11 is 1.50. The third-order valence-electron chi connectivity index (χ3n) is 5.34. The lowest BCUT2D eigenvalue weighted by molar-refractivity contribution is 0.0996. The second-order valence-electron chi connectivity index (χ2n) is 7.15. The average Bonchev–Trinajstić information content (AvgIpc) is 3.10. The van der Waals surface area contributed by atoms with E-state index in [4.69, 9.17) is 9.47 Å². The molecule has 5 nitrogen and oxygen atoms in total. The number of rotatable bonds is 6. The third-order valence-corrected chi connectivity index (χ3v) is 6.38. The molecular weight excluding hydrogens is 384 g/mol. The summed E-state index contributed by atoms with van der Waals surface area (Å²) in [6.45, 7) is 3.80. The minimum atomic E-state index is -0.200. The zero-order chi connectivity index (χ0) is 20.2. The molecule has 0 radical (unpaired) electrons. The van der Waals surface area contributed by atoms with Crippen molar-refractivity contribution in [3.8, 4) is 5.75 Å². The lowest BCUT2D eigenvalue weighted by Crippen LogP contribution is -2.20. The molecular formula is C23H26N2O3S. The van der Waals surface area contributed by atoms with Gasteiger partial charge in [0.1, 0.15) is 11.3 Å². The van der Waals surface area contributed by atoms with Crippen molar-refractivity contribution in [3.05, 3.63) is 57.9 Å². The van der Waals surface area contributed by atoms with E-state index in [9.17, 15) is 4.79 Å². The van der Waals surface area contributed by atoms with E-state index in [2.05, 4.69) is 11.1 Å². The number of ether oxygens (including phenoxy) is 2. The summed E-state index contributed by atoms with van der Waals surface area (Å²) in [5, 5.41) is 0. The number of aryl methyl sites for hydroxylation is 2. The monoisotopic (exact) mass is 410 g/mol. The molecule has 1 amide bonds. The summed E-state index contributed by atoms with van der Waals surface area (Å²) in [4.78, 5) is 18.2. The zero-order valence-electron chi connectivity index (χ0n) is 16.9. The van der Waals surface area contributed by atoms with Crippen molar-refractivity contribution in [3.63, 3.8) is 0 Å². The van der Waals surface area contributed by atoms with Crippen LogP contribution in [0.25, 0.3) is 10.2 Å². The van der Waals surface area contributed by atoms with Crippen LogP contribution in [-0.4, -0.2) is 30.8 Å². The van der Waals surface area contributed by atoms with Crippen molar-refractivity contribution < 1.29 is 14.3 Å². The highest BCUT2D eigenvalue weighted by Crippen LogP contribution is 2.27. The SMILES string of the molecule is CCOCCn1c(=NC(=O)c2ccc3c(c2)CCCC3)sc2cccc(OC)c21. The fourth-order valence-corrected chi connectivity index (χ4v) is 4.95. The lowest BCUT2D eigenvalue weighted by Gasteiger charge is -2.15. The highest BCUT2D eigenvalue weighted by Gasteiger charge is 2.15. The van der Waals surface area contributed by atoms with Crippen LogP contribution in [0.3, 0.4) is 0 Å². The summed E-state index contributed by atoms with van der Waals surface area (Å²) in [6.07, 6.45) is 4.57. The van der Waals surface area contributed by atoms with Crippen LogP contribution >= 0.6 is 11.3 Å². The van der Waals surface area contributed by atoms with Gasteiger partial charge in [0, 0.05) is 18.7 Å². The summed E-state index contributed by atoms with van der Waals surface area (Å²) in [5.74, 6) is 0.576. The molecule has 152 valence electrons. The molecule has 0 atom stereocenters. The molecule has 1 aliphatic carbocycles. The number of amides is 1. The van der Waals surface area contributed by atoms with Gasteiger partial charge >= 0.3 is 0 Å². The molecule has 0 aliphatic heterocycles. The number of methoxy groups -OCH3 is 1. The molecule has 1 aliphatic rings. The number of aromatic nitrogens is 1. The van der Waals surface area contributed by atoms with Crippen molar-refractivity contribution in [1.29, 1.82) is 0 Å². The summed E-state index contributed by atoms with van der Waals surface area (Å²) in [5.41, 5.74) is 4.27. The Morgan fingerprint density at radius 2 is 2.00 bits per heavy atom. The summed E-state index contributed by atoms with van der Waals surface area (Å²) in [7, 11) is 1.66. The van der Waals surface area contributed by atoms with E-state index >= 15 is 0 Å². The smallest absolute Gasteiger partial charge is 0.279 e. The van der Waals surface area contributed by atoms with E-state index in [0.29, 0.717) is 30.1 Å². The number of benzene rings is 2. The Hall–Kier alpha value is -2.44. The van der Waals surface area contributed by atoms with Crippen LogP contribution in [0.4, 0.5) is 0 Å². The van der Waals surface area contributed by atoms with Gasteiger partial charge in [0.05, 0.1) is 18.4 Å². The summed E-state index contributed by atoms with van der Waals surface area (Å²) in [6, 6.07) is 11.9. The van der Waals surface area contributed by atoms with Gasteiger partial charge in [-0.05, 0) is 68.0 Å². The molecule has 3 aromatic rings. The molecule has 1 aromatic heterocycles. The Balaban J connectivity index is 1.76. The van der Waals surface area contributed by atoms with Crippen LogP contribution in [0, 0.1) is 0 Å². The fraction of sp³-hybridized carbons (Fsp3) is 0.391. The first-order valence-corrected chi connectivity index (χ1v) is 11.0. The van der Waals surface area contributed by atoms with Crippen molar-refractivity contribution >= 4 is 27.5 Å². The van der Waals surface area contributed by atoms with E-state index in [1.165, 1.54) is 35.3 Å². The van der Waals surface area contributed by atoms with E-state index in [1.807, 2.05) is 41.8 Å². The van der Waals surface area contributed by atoms with Gasteiger partial charge in [0.25, 0.3) is 5.91 Å². The molecule has 6 heteroatoms. The predicted molar refractivity (Wildman–Crippen MR) is 116 cm³/mol. The Kier molecular flexibility index (Phi) is 6.11. The second kappa shape index (κ2) is 8.93. The highest BCUT2D eigenvalue weighted by atomic mass is 32.1. The van der Waals surface area contributed by atoms with Crippen molar-refractivity contribution in [2.45, 2.75) is 39.2 Å². The van der Waals surface area contributed by atoms with Gasteiger partial charge in [-0.25, -0.2) is 0 Å². The molecule has 0 bridgehead atoms. The third kappa shape index (κ3) is 4.14. The molecule has 0 saturated carbocycles. The van der Waals surface area contributed by atoms with E-state index < -0.39 is 0 Å². The minimum Gasteiger partial charge on any atom is -0.495 e. The summed E-state index contributed by atoms with van der Waals surface area (Å²) < 4.78 is 14.2. The molecule has 0 saturated heterocycles. The van der Waals surface area contributed by atoms with Crippen molar-refractivity contribution in [1.82, 2.24) is 4.57 Å². The highest BCUT2D eigenvalue weighted by molar-refractivity contribution is 7.16. The lowest BCUT2D eigenvalue weighted by atomic mass is 9.90. The van der Waals surface area contributed by atoms with Crippen LogP contribution in [0.2, 0.25) is 0 Å². The zero-order valence-corrected chi connectivity index (χ0v) is 17.8. The number of carbonyl (C=O) groups is 1. The maximum Gasteiger partial charge on any atom is 0.279 e. The van der Waals surface area contributed by atoms with Crippen LogP contribution in [0.5, 0.6) is 5.75 Å². The standard InChI is InChI=1S/C23H26N2O3S/c1-3-28-14-13-25-21-19(27-2)9-6-10-20(21)29-23(25)24-22(26)18-12-11-16-7-4-5-8-17(16)15-18/h6,9-12,15H,3-5,7-8,13-14H2,1-2H3. The molecule has 0 unspecified atom stereocenters. The Morgan fingerprint density at radius 1 is 1.17 bits per heavy atom. The molecule has 2 aromatic carbocycles. The van der Waals surface area contributed by atoms with E-state index in [0.717, 1.165) is 28.8 Å². The van der Waals surface area contributed by atoms with E-state index in [1.54, 1.807) is 7.11 Å². The van der Waals surface area contributed by atoms with E-state index in [-0.39, 0.29) is 5.91 Å². The normalized spacial score (nSPS) is 14.2. The Bertz CT molecular complexity index is 1100. The first-order chi connectivity index (χ1) is 14.2. The molecule has 0 fully saturated rings. The number of carbonyl (C=O) groups excluding carboxylic acids is 1. The molecule has 4 rings (SSSR count). The van der Waals surface area contributed by atoms with Crippen LogP contribution in [0.15, 0.2) is 41.4 Å². The maximum absolute atomic E-state index is 13.0. The van der Waals surface area contributed by atoms with Crippen molar-refractivity contribution in [2.24, 2.45) is 4.99 Å².